The molecule has 1 aliphatic carbocycles. The number of carbonyl (C=O) groups is 1. The van der Waals surface area contributed by atoms with Gasteiger partial charge < -0.3 is 9.84 Å². The van der Waals surface area contributed by atoms with Crippen LogP contribution in [0.4, 0.5) is 0 Å². The normalized spacial score (nSPS) is 18.2. The van der Waals surface area contributed by atoms with Gasteiger partial charge in [0, 0.05) is 6.42 Å². The summed E-state index contributed by atoms with van der Waals surface area (Å²) >= 11 is 0. The average molecular weight is 184 g/mol. The third-order valence-electron chi connectivity index (χ3n) is 2.21. The van der Waals surface area contributed by atoms with Gasteiger partial charge in [-0.2, -0.15) is 0 Å². The molecule has 0 amide bonds. The van der Waals surface area contributed by atoms with Crippen molar-refractivity contribution in [2.75, 3.05) is 6.61 Å². The van der Waals surface area contributed by atoms with Gasteiger partial charge in [0.15, 0.2) is 0 Å². The van der Waals surface area contributed by atoms with Crippen LogP contribution in [0.2, 0.25) is 0 Å². The van der Waals surface area contributed by atoms with Crippen LogP contribution in [0, 0.1) is 0 Å². The van der Waals surface area contributed by atoms with Crippen LogP contribution in [-0.4, -0.2) is 17.7 Å². The van der Waals surface area contributed by atoms with E-state index in [1.807, 2.05) is 0 Å². The SMILES string of the molecule is CCOC(=O)C1=C(O)CCCCC1. The highest BCUT2D eigenvalue weighted by Crippen LogP contribution is 2.22. The third-order valence-corrected chi connectivity index (χ3v) is 2.21. The van der Waals surface area contributed by atoms with Gasteiger partial charge in [0.1, 0.15) is 5.76 Å². The molecule has 1 N–H and O–H groups in total. The molecule has 0 aromatic heterocycles. The summed E-state index contributed by atoms with van der Waals surface area (Å²) in [6, 6.07) is 0. The van der Waals surface area contributed by atoms with Crippen LogP contribution in [0.25, 0.3) is 0 Å². The number of carbonyl (C=O) groups excluding carboxylic acids is 1. The molecular weight excluding hydrogens is 168 g/mol. The van der Waals surface area contributed by atoms with Crippen LogP contribution >= 0.6 is 0 Å². The monoisotopic (exact) mass is 184 g/mol. The Morgan fingerprint density at radius 3 is 2.77 bits per heavy atom. The van der Waals surface area contributed by atoms with Crippen LogP contribution in [0.3, 0.4) is 0 Å². The molecule has 0 saturated heterocycles. The van der Waals surface area contributed by atoms with Crippen molar-refractivity contribution in [3.05, 3.63) is 11.3 Å². The van der Waals surface area contributed by atoms with Crippen molar-refractivity contribution < 1.29 is 14.6 Å². The molecule has 0 aliphatic heterocycles. The zero-order valence-corrected chi connectivity index (χ0v) is 8.01. The van der Waals surface area contributed by atoms with Gasteiger partial charge in [0.25, 0.3) is 0 Å². The third kappa shape index (κ3) is 2.76. The summed E-state index contributed by atoms with van der Waals surface area (Å²) in [6.07, 6.45) is 4.29. The first kappa shape index (κ1) is 10.1. The summed E-state index contributed by atoms with van der Waals surface area (Å²) < 4.78 is 4.85. The van der Waals surface area contributed by atoms with Crippen molar-refractivity contribution in [3.63, 3.8) is 0 Å². The van der Waals surface area contributed by atoms with E-state index in [1.54, 1.807) is 6.92 Å². The number of hydrogen-bond donors (Lipinski definition) is 1. The largest absolute Gasteiger partial charge is 0.512 e. The molecule has 0 radical (unpaired) electrons. The van der Waals surface area contributed by atoms with Crippen molar-refractivity contribution in [2.45, 2.75) is 39.0 Å². The van der Waals surface area contributed by atoms with Gasteiger partial charge in [0.05, 0.1) is 12.2 Å². The number of hydrogen-bond acceptors (Lipinski definition) is 3. The average Bonchev–Trinajstić information content (AvgIpc) is 2.30. The van der Waals surface area contributed by atoms with Gasteiger partial charge in [-0.15, -0.1) is 0 Å². The van der Waals surface area contributed by atoms with E-state index in [-0.39, 0.29) is 11.7 Å². The second-order valence-corrected chi connectivity index (χ2v) is 3.21. The lowest BCUT2D eigenvalue weighted by molar-refractivity contribution is -0.138. The summed E-state index contributed by atoms with van der Waals surface area (Å²) in [4.78, 5) is 11.3. The number of aliphatic hydroxyl groups excluding tert-OH is 1. The summed E-state index contributed by atoms with van der Waals surface area (Å²) in [5.41, 5.74) is 0.486. The molecular formula is C10H16O3. The Hall–Kier alpha value is -0.990. The lowest BCUT2D eigenvalue weighted by atomic mass is 10.1. The number of aliphatic hydroxyl groups is 1. The van der Waals surface area contributed by atoms with Crippen LogP contribution in [-0.2, 0) is 9.53 Å². The highest BCUT2D eigenvalue weighted by Gasteiger charge is 2.18. The Morgan fingerprint density at radius 2 is 2.08 bits per heavy atom. The van der Waals surface area contributed by atoms with E-state index < -0.39 is 0 Å². The fraction of sp³-hybridized carbons (Fsp3) is 0.700. The summed E-state index contributed by atoms with van der Waals surface area (Å²) in [5.74, 6) is -0.113. The zero-order chi connectivity index (χ0) is 9.68. The molecule has 0 unspecified atom stereocenters. The highest BCUT2D eigenvalue weighted by molar-refractivity contribution is 5.88. The molecule has 0 fully saturated rings. The van der Waals surface area contributed by atoms with Gasteiger partial charge >= 0.3 is 5.97 Å². The van der Waals surface area contributed by atoms with Gasteiger partial charge in [-0.05, 0) is 26.2 Å². The van der Waals surface area contributed by atoms with Crippen molar-refractivity contribution in [1.29, 1.82) is 0 Å². The van der Waals surface area contributed by atoms with E-state index in [2.05, 4.69) is 0 Å². The lowest BCUT2D eigenvalue weighted by Crippen LogP contribution is -2.09. The molecule has 0 bridgehead atoms. The molecule has 0 saturated carbocycles. The van der Waals surface area contributed by atoms with Crippen molar-refractivity contribution >= 4 is 5.97 Å². The lowest BCUT2D eigenvalue weighted by Gasteiger charge is -2.06. The van der Waals surface area contributed by atoms with Crippen LogP contribution in [0.1, 0.15) is 39.0 Å². The molecule has 13 heavy (non-hydrogen) atoms. The first-order valence-electron chi connectivity index (χ1n) is 4.83. The molecule has 0 aromatic rings. The number of rotatable bonds is 2. The topological polar surface area (TPSA) is 46.5 Å². The van der Waals surface area contributed by atoms with Crippen molar-refractivity contribution in [1.82, 2.24) is 0 Å². The Labute approximate surface area is 78.4 Å². The van der Waals surface area contributed by atoms with Gasteiger partial charge in [-0.1, -0.05) is 6.42 Å². The Morgan fingerprint density at radius 1 is 1.38 bits per heavy atom. The Kier molecular flexibility index (Phi) is 3.80. The predicted octanol–water partition coefficient (Wildman–Crippen LogP) is 2.33. The molecule has 0 spiro atoms. The van der Waals surface area contributed by atoms with E-state index >= 15 is 0 Å². The van der Waals surface area contributed by atoms with Gasteiger partial charge in [-0.3, -0.25) is 0 Å². The summed E-state index contributed by atoms with van der Waals surface area (Å²) in [7, 11) is 0. The zero-order valence-electron chi connectivity index (χ0n) is 8.01. The van der Waals surface area contributed by atoms with E-state index in [1.165, 1.54) is 0 Å². The van der Waals surface area contributed by atoms with Crippen molar-refractivity contribution in [3.8, 4) is 0 Å². The van der Waals surface area contributed by atoms with E-state index in [4.69, 9.17) is 4.74 Å². The van der Waals surface area contributed by atoms with Crippen LogP contribution < -0.4 is 0 Å². The summed E-state index contributed by atoms with van der Waals surface area (Å²) in [6.45, 7) is 2.14. The molecule has 3 heteroatoms. The minimum absolute atomic E-state index is 0.232. The van der Waals surface area contributed by atoms with E-state index in [0.717, 1.165) is 19.3 Å². The molecule has 0 aromatic carbocycles. The molecule has 3 nitrogen and oxygen atoms in total. The Bertz CT molecular complexity index is 218. The maximum atomic E-state index is 11.3. The van der Waals surface area contributed by atoms with Crippen molar-refractivity contribution in [2.24, 2.45) is 0 Å². The summed E-state index contributed by atoms with van der Waals surface area (Å²) in [5, 5.41) is 9.52. The molecule has 1 aliphatic rings. The van der Waals surface area contributed by atoms with E-state index in [0.29, 0.717) is 25.0 Å². The maximum Gasteiger partial charge on any atom is 0.337 e. The fourth-order valence-corrected chi connectivity index (χ4v) is 1.50. The van der Waals surface area contributed by atoms with Gasteiger partial charge in [-0.25, -0.2) is 4.79 Å². The highest BCUT2D eigenvalue weighted by atomic mass is 16.5. The van der Waals surface area contributed by atoms with E-state index in [9.17, 15) is 9.90 Å². The first-order chi connectivity index (χ1) is 6.25. The predicted molar refractivity (Wildman–Crippen MR) is 49.4 cm³/mol. The smallest absolute Gasteiger partial charge is 0.337 e. The first-order valence-corrected chi connectivity index (χ1v) is 4.83. The fourth-order valence-electron chi connectivity index (χ4n) is 1.50. The maximum absolute atomic E-state index is 11.3. The molecule has 74 valence electrons. The molecule has 1 rings (SSSR count). The molecule has 0 heterocycles. The quantitative estimate of drug-likeness (QED) is 0.670. The molecule has 0 atom stereocenters. The van der Waals surface area contributed by atoms with Crippen LogP contribution in [0.15, 0.2) is 11.3 Å². The second-order valence-electron chi connectivity index (χ2n) is 3.21. The number of esters is 1. The standard InChI is InChI=1S/C10H16O3/c1-2-13-10(12)8-6-4-3-5-7-9(8)11/h11H,2-7H2,1H3. The second kappa shape index (κ2) is 4.90. The minimum atomic E-state index is -0.345. The Balaban J connectivity index is 2.67. The van der Waals surface area contributed by atoms with Gasteiger partial charge in [0.2, 0.25) is 0 Å². The minimum Gasteiger partial charge on any atom is -0.512 e. The number of allylic oxidation sites excluding steroid dienone is 1. The number of ether oxygens (including phenoxy) is 1. The van der Waals surface area contributed by atoms with Crippen LogP contribution in [0.5, 0.6) is 0 Å².